The summed E-state index contributed by atoms with van der Waals surface area (Å²) in [7, 11) is -3.01. The fourth-order valence-electron chi connectivity index (χ4n) is 2.28. The molecule has 0 aliphatic carbocycles. The van der Waals surface area contributed by atoms with Gasteiger partial charge in [-0.15, -0.1) is 0 Å². The van der Waals surface area contributed by atoms with Gasteiger partial charge in [0.1, 0.15) is 0 Å². The van der Waals surface area contributed by atoms with E-state index in [0.29, 0.717) is 12.0 Å². The van der Waals surface area contributed by atoms with Crippen molar-refractivity contribution in [3.63, 3.8) is 0 Å². The van der Waals surface area contributed by atoms with Gasteiger partial charge in [0.05, 0.1) is 17.0 Å². The number of amides is 1. The second-order valence-electron chi connectivity index (χ2n) is 5.17. The molecule has 1 aromatic carbocycles. The summed E-state index contributed by atoms with van der Waals surface area (Å²) >= 11 is 0. The number of hydrogen-bond donors (Lipinski definition) is 1. The van der Waals surface area contributed by atoms with Gasteiger partial charge in [-0.1, -0.05) is 18.2 Å². The van der Waals surface area contributed by atoms with Crippen molar-refractivity contribution < 1.29 is 13.2 Å². The predicted octanol–water partition coefficient (Wildman–Crippen LogP) is 1.30. The smallest absolute Gasteiger partial charge is 0.251 e. The second-order valence-corrected chi connectivity index (χ2v) is 7.36. The first-order valence-corrected chi connectivity index (χ1v) is 7.72. The van der Waals surface area contributed by atoms with Crippen molar-refractivity contribution in [3.8, 4) is 0 Å². The summed E-state index contributed by atoms with van der Waals surface area (Å²) in [5, 5.41) is 2.85. The van der Waals surface area contributed by atoms with Crippen LogP contribution in [-0.4, -0.2) is 31.4 Å². The van der Waals surface area contributed by atoms with Gasteiger partial charge in [-0.05, 0) is 31.9 Å². The van der Waals surface area contributed by atoms with E-state index < -0.39 is 15.4 Å². The van der Waals surface area contributed by atoms with Crippen LogP contribution in [0.1, 0.15) is 29.3 Å². The van der Waals surface area contributed by atoms with Crippen LogP contribution in [0.2, 0.25) is 0 Å². The number of nitrogens with one attached hydrogen (secondary N) is 1. The minimum Gasteiger partial charge on any atom is -0.346 e. The average molecular weight is 267 g/mol. The zero-order valence-electron chi connectivity index (χ0n) is 10.6. The van der Waals surface area contributed by atoms with E-state index in [-0.39, 0.29) is 17.4 Å². The molecule has 0 radical (unpaired) electrons. The molecule has 1 aromatic rings. The van der Waals surface area contributed by atoms with Gasteiger partial charge in [0.2, 0.25) is 0 Å². The molecule has 1 saturated heterocycles. The molecule has 98 valence electrons. The molecule has 18 heavy (non-hydrogen) atoms. The molecule has 1 aliphatic heterocycles. The fraction of sp³-hybridized carbons (Fsp3) is 0.462. The van der Waals surface area contributed by atoms with Gasteiger partial charge in [-0.25, -0.2) is 8.42 Å². The van der Waals surface area contributed by atoms with Gasteiger partial charge in [0.25, 0.3) is 5.91 Å². The first kappa shape index (κ1) is 13.1. The topological polar surface area (TPSA) is 63.2 Å². The van der Waals surface area contributed by atoms with Gasteiger partial charge in [-0.2, -0.15) is 0 Å². The molecule has 5 heteroatoms. The lowest BCUT2D eigenvalue weighted by molar-refractivity contribution is 0.0915. The van der Waals surface area contributed by atoms with Crippen LogP contribution in [-0.2, 0) is 9.84 Å². The van der Waals surface area contributed by atoms with Crippen molar-refractivity contribution in [2.45, 2.75) is 25.8 Å². The standard InChI is InChI=1S/C13H17NO3S/c1-10-5-3-4-6-11(10)12(15)14-13(2)7-8-18(16,17)9-13/h3-6H,7-9H2,1-2H3,(H,14,15)/t13-/m0/s1. The predicted molar refractivity (Wildman–Crippen MR) is 70.3 cm³/mol. The number of rotatable bonds is 2. The van der Waals surface area contributed by atoms with Crippen LogP contribution in [0.4, 0.5) is 0 Å². The molecular weight excluding hydrogens is 250 g/mol. The molecule has 0 spiro atoms. The number of hydrogen-bond acceptors (Lipinski definition) is 3. The maximum absolute atomic E-state index is 12.1. The van der Waals surface area contributed by atoms with Crippen molar-refractivity contribution in [1.82, 2.24) is 5.32 Å². The largest absolute Gasteiger partial charge is 0.346 e. The Kier molecular flexibility index (Phi) is 3.19. The lowest BCUT2D eigenvalue weighted by Gasteiger charge is -2.24. The quantitative estimate of drug-likeness (QED) is 0.878. The van der Waals surface area contributed by atoms with Crippen LogP contribution in [0.25, 0.3) is 0 Å². The summed E-state index contributed by atoms with van der Waals surface area (Å²) in [5.41, 5.74) is 0.848. The highest BCUT2D eigenvalue weighted by atomic mass is 32.2. The van der Waals surface area contributed by atoms with Crippen LogP contribution in [0.3, 0.4) is 0 Å². The maximum atomic E-state index is 12.1. The fourth-order valence-corrected chi connectivity index (χ4v) is 4.37. The molecule has 1 atom stereocenters. The molecule has 1 fully saturated rings. The molecule has 1 amide bonds. The van der Waals surface area contributed by atoms with Gasteiger partial charge in [-0.3, -0.25) is 4.79 Å². The third-order valence-electron chi connectivity index (χ3n) is 3.31. The first-order valence-electron chi connectivity index (χ1n) is 5.90. The van der Waals surface area contributed by atoms with Crippen LogP contribution in [0, 0.1) is 6.92 Å². The van der Waals surface area contributed by atoms with Gasteiger partial charge < -0.3 is 5.32 Å². The Balaban J connectivity index is 2.16. The monoisotopic (exact) mass is 267 g/mol. The molecule has 0 bridgehead atoms. The van der Waals surface area contributed by atoms with E-state index in [0.717, 1.165) is 5.56 Å². The molecule has 1 N–H and O–H groups in total. The van der Waals surface area contributed by atoms with Crippen molar-refractivity contribution in [1.29, 1.82) is 0 Å². The number of carbonyl (C=O) groups excluding carboxylic acids is 1. The van der Waals surface area contributed by atoms with Crippen LogP contribution in [0.15, 0.2) is 24.3 Å². The molecule has 4 nitrogen and oxygen atoms in total. The lowest BCUT2D eigenvalue weighted by atomic mass is 10.0. The van der Waals surface area contributed by atoms with E-state index in [2.05, 4.69) is 5.32 Å². The minimum absolute atomic E-state index is 0.0254. The Hall–Kier alpha value is -1.36. The minimum atomic E-state index is -3.01. The highest BCUT2D eigenvalue weighted by Crippen LogP contribution is 2.23. The number of carbonyl (C=O) groups is 1. The summed E-state index contributed by atoms with van der Waals surface area (Å²) < 4.78 is 23.0. The molecule has 0 aromatic heterocycles. The maximum Gasteiger partial charge on any atom is 0.251 e. The third-order valence-corrected chi connectivity index (χ3v) is 5.21. The van der Waals surface area contributed by atoms with Crippen LogP contribution >= 0.6 is 0 Å². The molecule has 0 saturated carbocycles. The SMILES string of the molecule is Cc1ccccc1C(=O)N[C@@]1(C)CCS(=O)(=O)C1. The average Bonchev–Trinajstić information content (AvgIpc) is 2.53. The van der Waals surface area contributed by atoms with Gasteiger partial charge in [0, 0.05) is 5.56 Å². The van der Waals surface area contributed by atoms with E-state index in [1.165, 1.54) is 0 Å². The number of benzene rings is 1. The van der Waals surface area contributed by atoms with Crippen molar-refractivity contribution in [3.05, 3.63) is 35.4 Å². The van der Waals surface area contributed by atoms with E-state index in [9.17, 15) is 13.2 Å². The number of sulfone groups is 1. The second kappa shape index (κ2) is 4.39. The zero-order valence-corrected chi connectivity index (χ0v) is 11.4. The third kappa shape index (κ3) is 2.72. The molecule has 1 heterocycles. The Morgan fingerprint density at radius 3 is 2.56 bits per heavy atom. The van der Waals surface area contributed by atoms with Gasteiger partial charge >= 0.3 is 0 Å². The zero-order chi connectivity index (χ0) is 13.4. The van der Waals surface area contributed by atoms with E-state index in [1.807, 2.05) is 19.1 Å². The summed E-state index contributed by atoms with van der Waals surface area (Å²) in [6, 6.07) is 7.28. The molecule has 2 rings (SSSR count). The lowest BCUT2D eigenvalue weighted by Crippen LogP contribution is -2.47. The highest BCUT2D eigenvalue weighted by Gasteiger charge is 2.39. The van der Waals surface area contributed by atoms with Crippen LogP contribution < -0.4 is 5.32 Å². The summed E-state index contributed by atoms with van der Waals surface area (Å²) in [6.45, 7) is 3.65. The van der Waals surface area contributed by atoms with Gasteiger partial charge in [0.15, 0.2) is 9.84 Å². The van der Waals surface area contributed by atoms with E-state index in [1.54, 1.807) is 19.1 Å². The van der Waals surface area contributed by atoms with E-state index >= 15 is 0 Å². The molecule has 0 unspecified atom stereocenters. The number of aryl methyl sites for hydroxylation is 1. The summed E-state index contributed by atoms with van der Waals surface area (Å²) in [5.74, 6) is -0.0254. The van der Waals surface area contributed by atoms with Crippen LogP contribution in [0.5, 0.6) is 0 Å². The van der Waals surface area contributed by atoms with Crippen molar-refractivity contribution >= 4 is 15.7 Å². The summed E-state index contributed by atoms with van der Waals surface area (Å²) in [4.78, 5) is 12.1. The highest BCUT2D eigenvalue weighted by molar-refractivity contribution is 7.91. The molecule has 1 aliphatic rings. The Morgan fingerprint density at radius 2 is 2.00 bits per heavy atom. The Bertz CT molecular complexity index is 580. The molecular formula is C13H17NO3S. The Labute approximate surface area is 107 Å². The van der Waals surface area contributed by atoms with Crippen molar-refractivity contribution in [2.75, 3.05) is 11.5 Å². The normalized spacial score (nSPS) is 25.9. The summed E-state index contributed by atoms with van der Waals surface area (Å²) in [6.07, 6.45) is 0.479. The Morgan fingerprint density at radius 1 is 1.33 bits per heavy atom. The first-order chi connectivity index (χ1) is 8.31. The van der Waals surface area contributed by atoms with Crippen molar-refractivity contribution in [2.24, 2.45) is 0 Å². The van der Waals surface area contributed by atoms with E-state index in [4.69, 9.17) is 0 Å².